The Hall–Kier alpha value is -2.37. The van der Waals surface area contributed by atoms with Gasteiger partial charge in [0.25, 0.3) is 5.91 Å². The van der Waals surface area contributed by atoms with E-state index in [9.17, 15) is 14.4 Å². The smallest absolute Gasteiger partial charge is 0.254 e. The van der Waals surface area contributed by atoms with Crippen LogP contribution in [0.15, 0.2) is 24.3 Å². The molecule has 0 radical (unpaired) electrons. The fourth-order valence-electron chi connectivity index (χ4n) is 4.79. The second kappa shape index (κ2) is 7.94. The minimum atomic E-state index is -0.348. The van der Waals surface area contributed by atoms with Gasteiger partial charge in [-0.15, -0.1) is 0 Å². The van der Waals surface area contributed by atoms with E-state index in [1.54, 1.807) is 4.90 Å². The molecule has 0 bridgehead atoms. The number of amides is 3. The SMILES string of the molecule is Cc1ccc(C(=O)N2CCCC2C(=O)N2CCC(N3CCCC3=O)CC2)cc1. The van der Waals surface area contributed by atoms with Crippen molar-refractivity contribution in [3.63, 3.8) is 0 Å². The molecule has 3 fully saturated rings. The molecule has 3 aliphatic rings. The van der Waals surface area contributed by atoms with E-state index < -0.39 is 0 Å². The summed E-state index contributed by atoms with van der Waals surface area (Å²) in [7, 11) is 0. The van der Waals surface area contributed by atoms with E-state index in [0.717, 1.165) is 44.2 Å². The molecule has 0 spiro atoms. The molecule has 1 aromatic carbocycles. The maximum atomic E-state index is 13.1. The Morgan fingerprint density at radius 2 is 1.64 bits per heavy atom. The van der Waals surface area contributed by atoms with Crippen molar-refractivity contribution in [1.29, 1.82) is 0 Å². The molecule has 6 heteroatoms. The van der Waals surface area contributed by atoms with Gasteiger partial charge in [0.2, 0.25) is 11.8 Å². The Labute approximate surface area is 166 Å². The van der Waals surface area contributed by atoms with Gasteiger partial charge in [0.1, 0.15) is 6.04 Å². The van der Waals surface area contributed by atoms with Crippen molar-refractivity contribution < 1.29 is 14.4 Å². The number of aryl methyl sites for hydroxylation is 1. The van der Waals surface area contributed by atoms with Crippen molar-refractivity contribution in [2.24, 2.45) is 0 Å². The maximum absolute atomic E-state index is 13.1. The molecule has 150 valence electrons. The lowest BCUT2D eigenvalue weighted by Gasteiger charge is -2.38. The highest BCUT2D eigenvalue weighted by Gasteiger charge is 2.39. The molecule has 6 nitrogen and oxygen atoms in total. The number of hydrogen-bond donors (Lipinski definition) is 0. The molecule has 1 atom stereocenters. The molecule has 1 aromatic rings. The minimum absolute atomic E-state index is 0.0478. The first-order chi connectivity index (χ1) is 13.5. The molecule has 3 amide bonds. The highest BCUT2D eigenvalue weighted by molar-refractivity contribution is 5.98. The van der Waals surface area contributed by atoms with E-state index in [1.165, 1.54) is 0 Å². The number of hydrogen-bond acceptors (Lipinski definition) is 3. The Bertz CT molecular complexity index is 753. The zero-order valence-corrected chi connectivity index (χ0v) is 16.6. The molecule has 3 saturated heterocycles. The van der Waals surface area contributed by atoms with Crippen LogP contribution >= 0.6 is 0 Å². The van der Waals surface area contributed by atoms with Crippen LogP contribution in [0.4, 0.5) is 0 Å². The van der Waals surface area contributed by atoms with Crippen LogP contribution in [0.2, 0.25) is 0 Å². The molecule has 0 aromatic heterocycles. The van der Waals surface area contributed by atoms with Crippen molar-refractivity contribution in [3.8, 4) is 0 Å². The summed E-state index contributed by atoms with van der Waals surface area (Å²) in [6, 6.07) is 7.48. The lowest BCUT2D eigenvalue weighted by atomic mass is 10.0. The average Bonchev–Trinajstić information content (AvgIpc) is 3.37. The Morgan fingerprint density at radius 3 is 2.29 bits per heavy atom. The van der Waals surface area contributed by atoms with Gasteiger partial charge in [-0.05, 0) is 51.2 Å². The fraction of sp³-hybridized carbons (Fsp3) is 0.591. The molecule has 3 heterocycles. The van der Waals surface area contributed by atoms with E-state index >= 15 is 0 Å². The lowest BCUT2D eigenvalue weighted by Crippen LogP contribution is -2.52. The number of carbonyl (C=O) groups is 3. The third kappa shape index (κ3) is 3.64. The van der Waals surface area contributed by atoms with Crippen molar-refractivity contribution in [3.05, 3.63) is 35.4 Å². The van der Waals surface area contributed by atoms with E-state index in [0.29, 0.717) is 31.6 Å². The zero-order valence-electron chi connectivity index (χ0n) is 16.6. The number of nitrogens with zero attached hydrogens (tertiary/aromatic N) is 3. The van der Waals surface area contributed by atoms with Crippen LogP contribution in [-0.2, 0) is 9.59 Å². The van der Waals surface area contributed by atoms with Crippen LogP contribution in [0.5, 0.6) is 0 Å². The van der Waals surface area contributed by atoms with E-state index in [4.69, 9.17) is 0 Å². The summed E-state index contributed by atoms with van der Waals surface area (Å²) in [5.41, 5.74) is 1.77. The largest absolute Gasteiger partial charge is 0.341 e. The van der Waals surface area contributed by atoms with Crippen LogP contribution in [0, 0.1) is 6.92 Å². The van der Waals surface area contributed by atoms with Gasteiger partial charge in [-0.25, -0.2) is 0 Å². The molecule has 4 rings (SSSR count). The van der Waals surface area contributed by atoms with Gasteiger partial charge in [0, 0.05) is 44.2 Å². The van der Waals surface area contributed by atoms with Crippen molar-refractivity contribution in [2.45, 2.75) is 57.5 Å². The molecule has 0 N–H and O–H groups in total. The summed E-state index contributed by atoms with van der Waals surface area (Å²) in [6.45, 7) is 4.85. The highest BCUT2D eigenvalue weighted by Crippen LogP contribution is 2.26. The van der Waals surface area contributed by atoms with Crippen LogP contribution in [0.3, 0.4) is 0 Å². The molecular weight excluding hydrogens is 354 g/mol. The zero-order chi connectivity index (χ0) is 19.7. The van der Waals surface area contributed by atoms with Crippen LogP contribution < -0.4 is 0 Å². The molecule has 3 aliphatic heterocycles. The summed E-state index contributed by atoms with van der Waals surface area (Å²) >= 11 is 0. The first kappa shape index (κ1) is 19.0. The van der Waals surface area contributed by atoms with Gasteiger partial charge in [-0.1, -0.05) is 17.7 Å². The van der Waals surface area contributed by atoms with E-state index in [-0.39, 0.29) is 29.8 Å². The van der Waals surface area contributed by atoms with E-state index in [2.05, 4.69) is 0 Å². The molecule has 28 heavy (non-hydrogen) atoms. The maximum Gasteiger partial charge on any atom is 0.254 e. The summed E-state index contributed by atoms with van der Waals surface area (Å²) in [4.78, 5) is 43.7. The fourth-order valence-corrected chi connectivity index (χ4v) is 4.79. The van der Waals surface area contributed by atoms with Crippen LogP contribution in [0.25, 0.3) is 0 Å². The predicted octanol–water partition coefficient (Wildman–Crippen LogP) is 2.21. The second-order valence-corrected chi connectivity index (χ2v) is 8.27. The molecule has 1 unspecified atom stereocenters. The predicted molar refractivity (Wildman–Crippen MR) is 106 cm³/mol. The summed E-state index contributed by atoms with van der Waals surface area (Å²) in [6.07, 6.45) is 4.91. The van der Waals surface area contributed by atoms with Crippen LogP contribution in [-0.4, -0.2) is 70.7 Å². The van der Waals surface area contributed by atoms with Gasteiger partial charge < -0.3 is 14.7 Å². The first-order valence-corrected chi connectivity index (χ1v) is 10.5. The van der Waals surface area contributed by atoms with Gasteiger partial charge in [0.05, 0.1) is 0 Å². The summed E-state index contributed by atoms with van der Waals surface area (Å²) < 4.78 is 0. The number of rotatable bonds is 3. The third-order valence-corrected chi connectivity index (χ3v) is 6.42. The second-order valence-electron chi connectivity index (χ2n) is 8.27. The standard InChI is InChI=1S/C22H29N3O3/c1-16-6-8-17(9-7-16)21(27)25-13-2-4-19(25)22(28)23-14-10-18(11-15-23)24-12-3-5-20(24)26/h6-9,18-19H,2-5,10-15H2,1H3. The van der Waals surface area contributed by atoms with Crippen molar-refractivity contribution in [1.82, 2.24) is 14.7 Å². The summed E-state index contributed by atoms with van der Waals surface area (Å²) in [5, 5.41) is 0. The normalized spacial score (nSPS) is 23.5. The summed E-state index contributed by atoms with van der Waals surface area (Å²) in [5.74, 6) is 0.285. The average molecular weight is 383 g/mol. The van der Waals surface area contributed by atoms with Gasteiger partial charge in [0.15, 0.2) is 0 Å². The number of benzene rings is 1. The first-order valence-electron chi connectivity index (χ1n) is 10.5. The quantitative estimate of drug-likeness (QED) is 0.804. The minimum Gasteiger partial charge on any atom is -0.341 e. The van der Waals surface area contributed by atoms with Crippen molar-refractivity contribution in [2.75, 3.05) is 26.2 Å². The Morgan fingerprint density at radius 1 is 0.929 bits per heavy atom. The Kier molecular flexibility index (Phi) is 5.38. The van der Waals surface area contributed by atoms with Crippen molar-refractivity contribution >= 4 is 17.7 Å². The number of likely N-dealkylation sites (tertiary alicyclic amines) is 3. The van der Waals surface area contributed by atoms with Gasteiger partial charge in [-0.2, -0.15) is 0 Å². The van der Waals surface area contributed by atoms with E-state index in [1.807, 2.05) is 41.0 Å². The van der Waals surface area contributed by atoms with Gasteiger partial charge >= 0.3 is 0 Å². The molecular formula is C22H29N3O3. The molecule has 0 aliphatic carbocycles. The monoisotopic (exact) mass is 383 g/mol. The third-order valence-electron chi connectivity index (χ3n) is 6.42. The molecule has 0 saturated carbocycles. The highest BCUT2D eigenvalue weighted by atomic mass is 16.2. The van der Waals surface area contributed by atoms with Gasteiger partial charge in [-0.3, -0.25) is 14.4 Å². The number of carbonyl (C=O) groups excluding carboxylic acids is 3. The Balaban J connectivity index is 1.38. The van der Waals surface area contributed by atoms with Crippen LogP contribution in [0.1, 0.15) is 54.4 Å². The topological polar surface area (TPSA) is 60.9 Å². The number of piperidine rings is 1. The lowest BCUT2D eigenvalue weighted by molar-refractivity contribution is -0.137.